The molecule has 0 aliphatic carbocycles. The van der Waals surface area contributed by atoms with Gasteiger partial charge in [0.05, 0.1) is 7.11 Å². The first-order valence-corrected chi connectivity index (χ1v) is 7.09. The molecule has 1 aliphatic rings. The van der Waals surface area contributed by atoms with Crippen LogP contribution in [0.5, 0.6) is 5.75 Å². The molecule has 1 heterocycles. The number of methoxy groups -OCH3 is 1. The highest BCUT2D eigenvalue weighted by Crippen LogP contribution is 2.46. The van der Waals surface area contributed by atoms with E-state index >= 15 is 0 Å². The van der Waals surface area contributed by atoms with Crippen molar-refractivity contribution in [2.45, 2.75) is 16.6 Å². The molecule has 0 spiro atoms. The largest absolute Gasteiger partial charge is 0.496 e. The minimum atomic E-state index is 0.138. The Labute approximate surface area is 116 Å². The van der Waals surface area contributed by atoms with Gasteiger partial charge in [0.15, 0.2) is 5.78 Å². The number of Topliss-reactive ketones (excluding diaryl/α,β-unsaturated/α-hetero) is 1. The second kappa shape index (κ2) is 5.10. The molecule has 0 saturated carbocycles. The highest BCUT2D eigenvalue weighted by Gasteiger charge is 2.28. The van der Waals surface area contributed by atoms with Crippen molar-refractivity contribution < 1.29 is 9.53 Å². The van der Waals surface area contributed by atoms with Crippen molar-refractivity contribution in [1.29, 1.82) is 0 Å². The van der Waals surface area contributed by atoms with Crippen molar-refractivity contribution in [3.05, 3.63) is 59.7 Å². The Morgan fingerprint density at radius 2 is 1.84 bits per heavy atom. The maximum Gasteiger partial charge on any atom is 0.165 e. The maximum absolute atomic E-state index is 12.2. The minimum absolute atomic E-state index is 0.138. The van der Waals surface area contributed by atoms with Crippen LogP contribution in [0.2, 0.25) is 0 Å². The van der Waals surface area contributed by atoms with Gasteiger partial charge in [-0.15, -0.1) is 11.8 Å². The number of thioether (sulfide) groups is 1. The summed E-state index contributed by atoms with van der Waals surface area (Å²) in [7, 11) is 1.67. The second-order valence-corrected chi connectivity index (χ2v) is 5.72. The number of para-hydroxylation sites is 1. The van der Waals surface area contributed by atoms with Crippen LogP contribution in [0.15, 0.2) is 53.4 Å². The number of hydrogen-bond donors (Lipinski definition) is 0. The van der Waals surface area contributed by atoms with E-state index in [1.807, 2.05) is 48.5 Å². The van der Waals surface area contributed by atoms with E-state index in [-0.39, 0.29) is 11.0 Å². The summed E-state index contributed by atoms with van der Waals surface area (Å²) in [5.41, 5.74) is 1.94. The summed E-state index contributed by atoms with van der Waals surface area (Å²) in [4.78, 5) is 13.3. The summed E-state index contributed by atoms with van der Waals surface area (Å²) >= 11 is 1.74. The Morgan fingerprint density at radius 1 is 1.11 bits per heavy atom. The molecule has 0 bridgehead atoms. The Balaban J connectivity index is 1.99. The third-order valence-electron chi connectivity index (χ3n) is 3.31. The number of ketones is 1. The summed E-state index contributed by atoms with van der Waals surface area (Å²) in [5.74, 6) is 1.07. The highest BCUT2D eigenvalue weighted by atomic mass is 32.2. The molecule has 0 amide bonds. The molecule has 2 nitrogen and oxygen atoms in total. The Kier molecular flexibility index (Phi) is 3.30. The lowest BCUT2D eigenvalue weighted by molar-refractivity contribution is 0.0976. The van der Waals surface area contributed by atoms with Gasteiger partial charge >= 0.3 is 0 Å². The van der Waals surface area contributed by atoms with Crippen LogP contribution in [0.1, 0.15) is 27.6 Å². The molecule has 96 valence electrons. The second-order valence-electron chi connectivity index (χ2n) is 4.47. The number of fused-ring (bicyclic) bond motifs is 1. The molecule has 1 atom stereocenters. The van der Waals surface area contributed by atoms with Crippen LogP contribution in [0.4, 0.5) is 0 Å². The van der Waals surface area contributed by atoms with Gasteiger partial charge in [-0.3, -0.25) is 4.79 Å². The minimum Gasteiger partial charge on any atom is -0.496 e. The summed E-state index contributed by atoms with van der Waals surface area (Å²) in [5, 5.41) is 0.138. The third-order valence-corrected chi connectivity index (χ3v) is 4.63. The van der Waals surface area contributed by atoms with E-state index in [1.165, 1.54) is 0 Å². The van der Waals surface area contributed by atoms with Gasteiger partial charge in [-0.25, -0.2) is 0 Å². The summed E-state index contributed by atoms with van der Waals surface area (Å²) in [6, 6.07) is 15.7. The molecule has 0 fully saturated rings. The van der Waals surface area contributed by atoms with Crippen molar-refractivity contribution in [2.75, 3.05) is 7.11 Å². The van der Waals surface area contributed by atoms with Crippen LogP contribution >= 0.6 is 11.8 Å². The smallest absolute Gasteiger partial charge is 0.165 e. The molecule has 2 aromatic rings. The normalized spacial score (nSPS) is 17.9. The fourth-order valence-corrected chi connectivity index (χ4v) is 3.71. The fourth-order valence-electron chi connectivity index (χ4n) is 2.38. The van der Waals surface area contributed by atoms with Crippen molar-refractivity contribution in [3.63, 3.8) is 0 Å². The van der Waals surface area contributed by atoms with Crippen molar-refractivity contribution in [2.24, 2.45) is 0 Å². The Hall–Kier alpha value is -1.74. The quantitative estimate of drug-likeness (QED) is 0.821. The lowest BCUT2D eigenvalue weighted by atomic mass is 10.0. The van der Waals surface area contributed by atoms with Crippen molar-refractivity contribution in [1.82, 2.24) is 0 Å². The molecule has 1 aliphatic heterocycles. The summed E-state index contributed by atoms with van der Waals surface area (Å²) in [6.07, 6.45) is 0.530. The third kappa shape index (κ3) is 2.26. The van der Waals surface area contributed by atoms with Gasteiger partial charge in [0.25, 0.3) is 0 Å². The summed E-state index contributed by atoms with van der Waals surface area (Å²) < 4.78 is 5.40. The number of carbonyl (C=O) groups excluding carboxylic acids is 1. The Morgan fingerprint density at radius 3 is 2.68 bits per heavy atom. The molecule has 3 rings (SSSR count). The van der Waals surface area contributed by atoms with E-state index < -0.39 is 0 Å². The first-order chi connectivity index (χ1) is 9.29. The Bertz CT molecular complexity index is 622. The average molecular weight is 270 g/mol. The van der Waals surface area contributed by atoms with E-state index in [0.717, 1.165) is 21.8 Å². The molecule has 0 saturated heterocycles. The number of carbonyl (C=O) groups is 1. The number of hydrogen-bond acceptors (Lipinski definition) is 3. The van der Waals surface area contributed by atoms with Gasteiger partial charge < -0.3 is 4.74 Å². The van der Waals surface area contributed by atoms with E-state index in [2.05, 4.69) is 0 Å². The van der Waals surface area contributed by atoms with Crippen molar-refractivity contribution in [3.8, 4) is 5.75 Å². The molecule has 0 radical (unpaired) electrons. The van der Waals surface area contributed by atoms with Crippen LogP contribution in [0.3, 0.4) is 0 Å². The van der Waals surface area contributed by atoms with E-state index in [0.29, 0.717) is 6.42 Å². The van der Waals surface area contributed by atoms with Gasteiger partial charge in [-0.2, -0.15) is 0 Å². The molecule has 19 heavy (non-hydrogen) atoms. The van der Waals surface area contributed by atoms with Gasteiger partial charge in [-0.05, 0) is 12.1 Å². The monoisotopic (exact) mass is 270 g/mol. The maximum atomic E-state index is 12.2. The highest BCUT2D eigenvalue weighted by molar-refractivity contribution is 7.99. The van der Waals surface area contributed by atoms with Crippen LogP contribution in [0.25, 0.3) is 0 Å². The standard InChI is InChI=1S/C16H14O2S/c1-18-14-8-4-2-7-12(14)16-10-13(17)11-6-3-5-9-15(11)19-16/h2-9,16H,10H2,1H3. The zero-order valence-electron chi connectivity index (χ0n) is 10.6. The number of benzene rings is 2. The fraction of sp³-hybridized carbons (Fsp3) is 0.188. The first kappa shape index (κ1) is 12.3. The van der Waals surface area contributed by atoms with E-state index in [1.54, 1.807) is 18.9 Å². The lowest BCUT2D eigenvalue weighted by Gasteiger charge is -2.24. The van der Waals surface area contributed by atoms with E-state index in [4.69, 9.17) is 4.74 Å². The predicted molar refractivity (Wildman–Crippen MR) is 77.0 cm³/mol. The molecule has 0 N–H and O–H groups in total. The average Bonchev–Trinajstić information content (AvgIpc) is 2.47. The lowest BCUT2D eigenvalue weighted by Crippen LogP contribution is -2.12. The van der Waals surface area contributed by atoms with Crippen LogP contribution in [0, 0.1) is 0 Å². The summed E-state index contributed by atoms with van der Waals surface area (Å²) in [6.45, 7) is 0. The molecular weight excluding hydrogens is 256 g/mol. The first-order valence-electron chi connectivity index (χ1n) is 6.21. The van der Waals surface area contributed by atoms with E-state index in [9.17, 15) is 4.79 Å². The van der Waals surface area contributed by atoms with Crippen molar-refractivity contribution >= 4 is 17.5 Å². The van der Waals surface area contributed by atoms with Crippen LogP contribution in [-0.4, -0.2) is 12.9 Å². The molecular formula is C16H14O2S. The van der Waals surface area contributed by atoms with Gasteiger partial charge in [0.2, 0.25) is 0 Å². The van der Waals surface area contributed by atoms with Crippen LogP contribution in [-0.2, 0) is 0 Å². The zero-order valence-corrected chi connectivity index (χ0v) is 11.4. The van der Waals surface area contributed by atoms with Crippen LogP contribution < -0.4 is 4.74 Å². The zero-order chi connectivity index (χ0) is 13.2. The predicted octanol–water partition coefficient (Wildman–Crippen LogP) is 4.12. The van der Waals surface area contributed by atoms with Gasteiger partial charge in [-0.1, -0.05) is 36.4 Å². The molecule has 2 aromatic carbocycles. The topological polar surface area (TPSA) is 26.3 Å². The molecule has 0 aromatic heterocycles. The van der Waals surface area contributed by atoms with Gasteiger partial charge in [0, 0.05) is 27.7 Å². The molecule has 1 unspecified atom stereocenters. The van der Waals surface area contributed by atoms with Gasteiger partial charge in [0.1, 0.15) is 5.75 Å². The molecule has 3 heteroatoms. The number of ether oxygens (including phenoxy) is 1. The SMILES string of the molecule is COc1ccccc1C1CC(=O)c2ccccc2S1. The number of rotatable bonds is 2.